The molecule has 1 saturated heterocycles. The van der Waals surface area contributed by atoms with Gasteiger partial charge in [0, 0.05) is 19.5 Å². The van der Waals surface area contributed by atoms with E-state index in [9.17, 15) is 9.59 Å². The Morgan fingerprint density at radius 1 is 1.21 bits per heavy atom. The fourth-order valence-electron chi connectivity index (χ4n) is 4.10. The minimum atomic E-state index is -0.536. The van der Waals surface area contributed by atoms with Gasteiger partial charge in [0.15, 0.2) is 0 Å². The molecule has 8 heteroatoms. The number of urea groups is 1. The molecule has 28 heavy (non-hydrogen) atoms. The number of benzene rings is 1. The third kappa shape index (κ3) is 2.75. The van der Waals surface area contributed by atoms with Crippen molar-refractivity contribution < 1.29 is 18.9 Å². The summed E-state index contributed by atoms with van der Waals surface area (Å²) in [5.74, 6) is 2.22. The number of imide groups is 1. The van der Waals surface area contributed by atoms with Gasteiger partial charge in [0.05, 0.1) is 19.7 Å². The molecule has 3 aliphatic rings. The first kappa shape index (κ1) is 18.5. The zero-order chi connectivity index (χ0) is 20.0. The molecule has 148 valence electrons. The van der Waals surface area contributed by atoms with Crippen LogP contribution in [-0.4, -0.2) is 77.4 Å². The van der Waals surface area contributed by atoms with Gasteiger partial charge < -0.3 is 4.74 Å². The quantitative estimate of drug-likeness (QED) is 0.740. The predicted octanol–water partition coefficient (Wildman–Crippen LogP) is 1.60. The van der Waals surface area contributed by atoms with Gasteiger partial charge in [-0.1, -0.05) is 11.9 Å². The Kier molecular flexibility index (Phi) is 4.56. The number of guanidine groups is 1. The number of hydrogen-bond acceptors (Lipinski definition) is 5. The first-order valence-corrected chi connectivity index (χ1v) is 9.77. The van der Waals surface area contributed by atoms with Crippen LogP contribution < -0.4 is 9.64 Å². The van der Waals surface area contributed by atoms with E-state index in [1.54, 1.807) is 7.05 Å². The van der Waals surface area contributed by atoms with E-state index in [-0.39, 0.29) is 11.9 Å². The van der Waals surface area contributed by atoms with E-state index in [0.717, 1.165) is 30.5 Å². The molecule has 0 aliphatic carbocycles. The lowest BCUT2D eigenvalue weighted by molar-refractivity contribution is -0.545. The number of likely N-dealkylation sites (N-methyl/N-ethyl adjacent to an activating group) is 2. The van der Waals surface area contributed by atoms with Crippen molar-refractivity contribution >= 4 is 29.4 Å². The molecule has 0 radical (unpaired) electrons. The summed E-state index contributed by atoms with van der Waals surface area (Å²) in [5.41, 5.74) is 0.992. The molecule has 4 rings (SSSR count). The van der Waals surface area contributed by atoms with Crippen LogP contribution in [0, 0.1) is 5.92 Å². The van der Waals surface area contributed by atoms with E-state index < -0.39 is 6.04 Å². The number of aliphatic imine (C=N–C) groups is 1. The lowest BCUT2D eigenvalue weighted by atomic mass is 10.1. The summed E-state index contributed by atoms with van der Waals surface area (Å²) in [7, 11) is 1.69. The molecule has 8 nitrogen and oxygen atoms in total. The Hall–Kier alpha value is -2.90. The fraction of sp³-hybridized carbons (Fsp3) is 0.500. The van der Waals surface area contributed by atoms with Crippen LogP contribution in [0.4, 0.5) is 10.5 Å². The second-order valence-electron chi connectivity index (χ2n) is 7.39. The van der Waals surface area contributed by atoms with E-state index in [2.05, 4.69) is 11.8 Å². The Balaban J connectivity index is 1.74. The minimum Gasteiger partial charge on any atom is -0.494 e. The van der Waals surface area contributed by atoms with E-state index in [0.29, 0.717) is 24.9 Å². The zero-order valence-electron chi connectivity index (χ0n) is 16.8. The van der Waals surface area contributed by atoms with Gasteiger partial charge in [0.1, 0.15) is 11.4 Å². The SMILES string of the molecule is CCOc1ccc(N2CC(C)C[N+]3=C2N=C2C3C(=O)N(CC)C(=O)N2C)cc1. The molecule has 2 atom stereocenters. The summed E-state index contributed by atoms with van der Waals surface area (Å²) in [6, 6.07) is 7.04. The largest absolute Gasteiger partial charge is 0.494 e. The normalized spacial score (nSPS) is 24.4. The standard InChI is InChI=1S/C20H26N5O3/c1-5-23-18(26)16-17(22(4)20(23)27)21-19-24(11-13(3)12-25(16)19)14-7-9-15(10-8-14)28-6-2/h7-10,13,16H,5-6,11-12H2,1-4H3/q+1. The van der Waals surface area contributed by atoms with Gasteiger partial charge in [-0.15, -0.1) is 0 Å². The maximum absolute atomic E-state index is 13.0. The number of ether oxygens (including phenoxy) is 1. The number of anilines is 1. The van der Waals surface area contributed by atoms with Crippen molar-refractivity contribution in [2.45, 2.75) is 26.8 Å². The van der Waals surface area contributed by atoms with Crippen molar-refractivity contribution in [3.63, 3.8) is 0 Å². The first-order chi connectivity index (χ1) is 13.5. The number of carbonyl (C=O) groups is 2. The van der Waals surface area contributed by atoms with Crippen molar-refractivity contribution in [1.82, 2.24) is 9.80 Å². The summed E-state index contributed by atoms with van der Waals surface area (Å²) in [5, 5.41) is 0. The highest BCUT2D eigenvalue weighted by molar-refractivity contribution is 6.24. The second-order valence-corrected chi connectivity index (χ2v) is 7.39. The molecule has 3 heterocycles. The maximum atomic E-state index is 13.0. The molecule has 3 amide bonds. The smallest absolute Gasteiger partial charge is 0.397 e. The van der Waals surface area contributed by atoms with Crippen LogP contribution in [0.15, 0.2) is 29.3 Å². The zero-order valence-corrected chi connectivity index (χ0v) is 16.8. The molecule has 3 aliphatic heterocycles. The summed E-state index contributed by atoms with van der Waals surface area (Å²) in [4.78, 5) is 35.2. The van der Waals surface area contributed by atoms with Gasteiger partial charge in [-0.05, 0) is 38.1 Å². The highest BCUT2D eigenvalue weighted by Crippen LogP contribution is 2.29. The molecular formula is C20H26N5O3+. The number of amidine groups is 1. The van der Waals surface area contributed by atoms with Gasteiger partial charge in [0.25, 0.3) is 5.91 Å². The van der Waals surface area contributed by atoms with Crippen molar-refractivity contribution in [3.8, 4) is 5.75 Å². The number of hydrogen-bond donors (Lipinski definition) is 0. The van der Waals surface area contributed by atoms with E-state index >= 15 is 0 Å². The highest BCUT2D eigenvalue weighted by Gasteiger charge is 2.54. The molecule has 0 saturated carbocycles. The molecule has 0 N–H and O–H groups in total. The van der Waals surface area contributed by atoms with Crippen LogP contribution in [0.25, 0.3) is 0 Å². The molecule has 0 bridgehead atoms. The highest BCUT2D eigenvalue weighted by atomic mass is 16.5. The van der Waals surface area contributed by atoms with Crippen LogP contribution in [0.1, 0.15) is 20.8 Å². The van der Waals surface area contributed by atoms with E-state index in [1.165, 1.54) is 9.80 Å². The lowest BCUT2D eigenvalue weighted by Crippen LogP contribution is -2.63. The third-order valence-corrected chi connectivity index (χ3v) is 5.41. The molecule has 1 fully saturated rings. The van der Waals surface area contributed by atoms with Crippen LogP contribution in [0.5, 0.6) is 5.75 Å². The number of rotatable bonds is 4. The summed E-state index contributed by atoms with van der Waals surface area (Å²) >= 11 is 0. The number of carbonyl (C=O) groups excluding carboxylic acids is 2. The molecular weight excluding hydrogens is 358 g/mol. The number of fused-ring (bicyclic) bond motifs is 2. The average Bonchev–Trinajstić information content (AvgIpc) is 3.06. The second kappa shape index (κ2) is 6.92. The van der Waals surface area contributed by atoms with Crippen molar-refractivity contribution in [3.05, 3.63) is 24.3 Å². The monoisotopic (exact) mass is 384 g/mol. The van der Waals surface area contributed by atoms with Crippen LogP contribution in [0.2, 0.25) is 0 Å². The van der Waals surface area contributed by atoms with Crippen molar-refractivity contribution in [2.24, 2.45) is 10.9 Å². The Bertz CT molecular complexity index is 876. The summed E-state index contributed by atoms with van der Waals surface area (Å²) in [6.45, 7) is 8.44. The summed E-state index contributed by atoms with van der Waals surface area (Å²) in [6.07, 6.45) is 0. The third-order valence-electron chi connectivity index (χ3n) is 5.41. The van der Waals surface area contributed by atoms with Gasteiger partial charge in [-0.25, -0.2) is 14.3 Å². The number of nitrogens with zero attached hydrogens (tertiary/aromatic N) is 5. The van der Waals surface area contributed by atoms with Crippen LogP contribution in [0.3, 0.4) is 0 Å². The average molecular weight is 384 g/mol. The van der Waals surface area contributed by atoms with Gasteiger partial charge in [0.2, 0.25) is 11.9 Å². The minimum absolute atomic E-state index is 0.194. The van der Waals surface area contributed by atoms with Crippen molar-refractivity contribution in [2.75, 3.05) is 38.2 Å². The van der Waals surface area contributed by atoms with Crippen molar-refractivity contribution in [1.29, 1.82) is 0 Å². The van der Waals surface area contributed by atoms with E-state index in [4.69, 9.17) is 9.73 Å². The van der Waals surface area contributed by atoms with Gasteiger partial charge >= 0.3 is 12.0 Å². The van der Waals surface area contributed by atoms with Crippen LogP contribution in [-0.2, 0) is 4.79 Å². The van der Waals surface area contributed by atoms with Gasteiger partial charge in [-0.2, -0.15) is 0 Å². The van der Waals surface area contributed by atoms with Gasteiger partial charge in [-0.3, -0.25) is 14.6 Å². The number of amides is 3. The Labute approximate surface area is 164 Å². The molecule has 1 aromatic carbocycles. The lowest BCUT2D eigenvalue weighted by Gasteiger charge is -2.35. The molecule has 1 aromatic rings. The summed E-state index contributed by atoms with van der Waals surface area (Å²) < 4.78 is 7.58. The maximum Gasteiger partial charge on any atom is 0.397 e. The Morgan fingerprint density at radius 3 is 2.57 bits per heavy atom. The molecule has 0 aromatic heterocycles. The topological polar surface area (TPSA) is 68.5 Å². The van der Waals surface area contributed by atoms with Crippen LogP contribution >= 0.6 is 0 Å². The Morgan fingerprint density at radius 2 is 1.93 bits per heavy atom. The van der Waals surface area contributed by atoms with E-state index in [1.807, 2.05) is 42.7 Å². The molecule has 2 unspecified atom stereocenters. The first-order valence-electron chi connectivity index (χ1n) is 9.77. The fourth-order valence-corrected chi connectivity index (χ4v) is 4.10. The predicted molar refractivity (Wildman–Crippen MR) is 106 cm³/mol. The molecule has 0 spiro atoms.